The number of hydrogen-bond donors (Lipinski definition) is 2. The van der Waals surface area contributed by atoms with Crippen LogP contribution in [-0.2, 0) is 0 Å². The number of fused-ring (bicyclic) bond motifs is 1. The second kappa shape index (κ2) is 3.25. The summed E-state index contributed by atoms with van der Waals surface area (Å²) in [6.07, 6.45) is 1.25. The molecule has 0 radical (unpaired) electrons. The molecule has 0 aliphatic rings. The van der Waals surface area contributed by atoms with E-state index in [1.54, 1.807) is 0 Å². The maximum absolute atomic E-state index is 11.3. The number of anilines is 1. The van der Waals surface area contributed by atoms with E-state index in [1.807, 2.05) is 0 Å². The number of nitrogens with zero attached hydrogens (tertiary/aromatic N) is 5. The van der Waals surface area contributed by atoms with Gasteiger partial charge in [-0.15, -0.1) is 9.81 Å². The van der Waals surface area contributed by atoms with Gasteiger partial charge in [-0.05, 0) is 5.12 Å². The molecule has 0 atom stereocenters. The van der Waals surface area contributed by atoms with Gasteiger partial charge in [0.2, 0.25) is 0 Å². The van der Waals surface area contributed by atoms with Crippen molar-refractivity contribution in [2.75, 3.05) is 5.12 Å². The Balaban J connectivity index is 2.67. The Morgan fingerprint density at radius 2 is 2.07 bits per heavy atom. The summed E-state index contributed by atoms with van der Waals surface area (Å²) in [7, 11) is 0. The SMILES string of the molecule is O=NN(N=O)c1nc2nc[nH]c2c(=O)[nH]1. The molecule has 2 rings (SSSR count). The van der Waals surface area contributed by atoms with E-state index in [0.29, 0.717) is 0 Å². The quantitative estimate of drug-likeness (QED) is 0.531. The van der Waals surface area contributed by atoms with E-state index in [-0.39, 0.29) is 22.2 Å². The van der Waals surface area contributed by atoms with Gasteiger partial charge in [0.1, 0.15) is 0 Å². The zero-order valence-corrected chi connectivity index (χ0v) is 7.04. The molecular formula is C5H3N7O3. The topological polar surface area (TPSA) is 137 Å². The van der Waals surface area contributed by atoms with Gasteiger partial charge >= 0.3 is 0 Å². The molecule has 0 saturated carbocycles. The molecule has 0 aliphatic heterocycles. The first kappa shape index (κ1) is 8.93. The third-order valence-electron chi connectivity index (χ3n) is 1.63. The molecule has 2 N–H and O–H groups in total. The van der Waals surface area contributed by atoms with Gasteiger partial charge in [0, 0.05) is 0 Å². The van der Waals surface area contributed by atoms with Gasteiger partial charge in [0.15, 0.2) is 11.2 Å². The summed E-state index contributed by atoms with van der Waals surface area (Å²) in [5, 5.41) is 4.59. The molecule has 0 bridgehead atoms. The number of hydrogen-bond acceptors (Lipinski definition) is 7. The van der Waals surface area contributed by atoms with Crippen molar-refractivity contribution in [3.63, 3.8) is 0 Å². The molecule has 0 saturated heterocycles. The molecule has 0 spiro atoms. The van der Waals surface area contributed by atoms with Crippen LogP contribution in [0.15, 0.2) is 21.7 Å². The second-order valence-electron chi connectivity index (χ2n) is 2.44. The molecule has 15 heavy (non-hydrogen) atoms. The van der Waals surface area contributed by atoms with Crippen molar-refractivity contribution in [2.45, 2.75) is 0 Å². The number of rotatable bonds is 3. The van der Waals surface area contributed by atoms with E-state index < -0.39 is 5.56 Å². The molecule has 10 nitrogen and oxygen atoms in total. The minimum Gasteiger partial charge on any atom is -0.339 e. The Labute approximate surface area is 80.2 Å². The molecule has 2 aromatic heterocycles. The van der Waals surface area contributed by atoms with Crippen molar-refractivity contribution in [1.29, 1.82) is 0 Å². The van der Waals surface area contributed by atoms with Crippen molar-refractivity contribution in [1.82, 2.24) is 19.9 Å². The maximum atomic E-state index is 11.3. The summed E-state index contributed by atoms with van der Waals surface area (Å²) in [6.45, 7) is 0. The lowest BCUT2D eigenvalue weighted by atomic mass is 10.5. The van der Waals surface area contributed by atoms with Gasteiger partial charge in [0.05, 0.1) is 16.9 Å². The summed E-state index contributed by atoms with van der Waals surface area (Å²) >= 11 is 0. The van der Waals surface area contributed by atoms with Gasteiger partial charge in [-0.25, -0.2) is 4.98 Å². The highest BCUT2D eigenvalue weighted by molar-refractivity contribution is 5.69. The highest BCUT2D eigenvalue weighted by atomic mass is 16.4. The molecule has 2 heterocycles. The summed E-state index contributed by atoms with van der Waals surface area (Å²) in [5.41, 5.74) is -0.383. The maximum Gasteiger partial charge on any atom is 0.278 e. The van der Waals surface area contributed by atoms with Crippen LogP contribution in [0.4, 0.5) is 5.95 Å². The van der Waals surface area contributed by atoms with Crippen molar-refractivity contribution in [2.24, 2.45) is 10.6 Å². The van der Waals surface area contributed by atoms with E-state index in [4.69, 9.17) is 0 Å². The summed E-state index contributed by atoms with van der Waals surface area (Å²) < 4.78 is 0. The normalized spacial score (nSPS) is 10.1. The molecule has 0 aliphatic carbocycles. The van der Waals surface area contributed by atoms with Crippen LogP contribution in [0.2, 0.25) is 0 Å². The van der Waals surface area contributed by atoms with Gasteiger partial charge in [-0.3, -0.25) is 9.78 Å². The minimum absolute atomic E-state index is 0.0612. The average molecular weight is 209 g/mol. The largest absolute Gasteiger partial charge is 0.339 e. The van der Waals surface area contributed by atoms with Crippen LogP contribution < -0.4 is 10.7 Å². The molecular weight excluding hydrogens is 206 g/mol. The van der Waals surface area contributed by atoms with Crippen LogP contribution in [0, 0.1) is 9.81 Å². The van der Waals surface area contributed by atoms with E-state index in [0.717, 1.165) is 0 Å². The third-order valence-corrected chi connectivity index (χ3v) is 1.63. The molecule has 76 valence electrons. The number of nitroso groups, excluding NO2 is 2. The fourth-order valence-corrected chi connectivity index (χ4v) is 1.02. The van der Waals surface area contributed by atoms with Gasteiger partial charge in [-0.2, -0.15) is 4.98 Å². The van der Waals surface area contributed by atoms with Crippen LogP contribution in [0.1, 0.15) is 0 Å². The Kier molecular flexibility index (Phi) is 1.93. The van der Waals surface area contributed by atoms with E-state index >= 15 is 0 Å². The number of imidazole rings is 1. The van der Waals surface area contributed by atoms with Crippen LogP contribution >= 0.6 is 0 Å². The first-order valence-electron chi connectivity index (χ1n) is 3.66. The minimum atomic E-state index is -0.579. The smallest absolute Gasteiger partial charge is 0.278 e. The first-order valence-corrected chi connectivity index (χ1v) is 3.66. The van der Waals surface area contributed by atoms with Crippen LogP contribution in [0.3, 0.4) is 0 Å². The monoisotopic (exact) mass is 209 g/mol. The Morgan fingerprint density at radius 3 is 2.73 bits per heavy atom. The predicted molar refractivity (Wildman–Crippen MR) is 48.6 cm³/mol. The highest BCUT2D eigenvalue weighted by Crippen LogP contribution is 2.08. The van der Waals surface area contributed by atoms with Crippen molar-refractivity contribution < 1.29 is 0 Å². The van der Waals surface area contributed by atoms with Crippen molar-refractivity contribution >= 4 is 17.1 Å². The first-order chi connectivity index (χ1) is 7.26. The van der Waals surface area contributed by atoms with Gasteiger partial charge < -0.3 is 4.98 Å². The highest BCUT2D eigenvalue weighted by Gasteiger charge is 2.13. The fraction of sp³-hybridized carbons (Fsp3) is 0. The van der Waals surface area contributed by atoms with Crippen molar-refractivity contribution in [3.8, 4) is 0 Å². The number of nitrogens with one attached hydrogen (secondary N) is 2. The lowest BCUT2D eigenvalue weighted by Crippen LogP contribution is -2.16. The predicted octanol–water partition coefficient (Wildman–Crippen LogP) is -0.185. The summed E-state index contributed by atoms with van der Waals surface area (Å²) in [4.78, 5) is 43.6. The molecule has 0 amide bonds. The van der Waals surface area contributed by atoms with E-state index in [2.05, 4.69) is 30.5 Å². The van der Waals surface area contributed by atoms with E-state index in [1.165, 1.54) is 6.33 Å². The fourth-order valence-electron chi connectivity index (χ4n) is 1.02. The number of aromatic amines is 2. The Hall–Kier alpha value is -2.65. The van der Waals surface area contributed by atoms with Crippen LogP contribution in [0.25, 0.3) is 11.2 Å². The Morgan fingerprint density at radius 1 is 1.33 bits per heavy atom. The number of H-pyrrole nitrogens is 2. The van der Waals surface area contributed by atoms with Crippen LogP contribution in [0.5, 0.6) is 0 Å². The second-order valence-corrected chi connectivity index (χ2v) is 2.44. The standard InChI is InChI=1S/C5H3N7O3/c13-4-2-3(7-1-6-2)8-5(9-4)12(10-14)11-15/h1H,(H2,6,7,8,9,13). The van der Waals surface area contributed by atoms with Gasteiger partial charge in [0.25, 0.3) is 11.5 Å². The van der Waals surface area contributed by atoms with Gasteiger partial charge in [-0.1, -0.05) is 0 Å². The molecule has 0 aromatic carbocycles. The zero-order valence-electron chi connectivity index (χ0n) is 7.04. The average Bonchev–Trinajstić information content (AvgIpc) is 2.68. The van der Waals surface area contributed by atoms with Crippen LogP contribution in [-0.4, -0.2) is 19.9 Å². The summed E-state index contributed by atoms with van der Waals surface area (Å²) in [6, 6.07) is 0. The zero-order chi connectivity index (χ0) is 10.8. The van der Waals surface area contributed by atoms with Crippen molar-refractivity contribution in [3.05, 3.63) is 26.5 Å². The lowest BCUT2D eigenvalue weighted by molar-refractivity contribution is 0.849. The lowest BCUT2D eigenvalue weighted by Gasteiger charge is -2.01. The molecule has 2 aromatic rings. The summed E-state index contributed by atoms with van der Waals surface area (Å²) in [5.74, 6) is -0.385. The van der Waals surface area contributed by atoms with E-state index in [9.17, 15) is 14.6 Å². The molecule has 10 heteroatoms. The molecule has 0 unspecified atom stereocenters. The molecule has 0 fully saturated rings. The number of aromatic nitrogens is 4. The third kappa shape index (κ3) is 1.33. The Bertz CT molecular complexity index is 563.